The summed E-state index contributed by atoms with van der Waals surface area (Å²) < 4.78 is 16.2. The van der Waals surface area contributed by atoms with Crippen molar-refractivity contribution in [3.8, 4) is 17.2 Å². The zero-order valence-corrected chi connectivity index (χ0v) is 17.1. The molecule has 2 aliphatic rings. The molecule has 0 aliphatic carbocycles. The minimum atomic E-state index is -0.493. The fraction of sp³-hybridized carbons (Fsp3) is 0.391. The number of likely N-dealkylation sites (tertiary alicyclic amines) is 1. The van der Waals surface area contributed by atoms with Crippen molar-refractivity contribution in [3.63, 3.8) is 0 Å². The number of para-hydroxylation sites is 1. The lowest BCUT2D eigenvalue weighted by Gasteiger charge is -2.38. The summed E-state index contributed by atoms with van der Waals surface area (Å²) in [4.78, 5) is 27.0. The van der Waals surface area contributed by atoms with Gasteiger partial charge in [-0.25, -0.2) is 0 Å². The van der Waals surface area contributed by atoms with Gasteiger partial charge in [-0.1, -0.05) is 31.2 Å². The van der Waals surface area contributed by atoms with Crippen LogP contribution in [-0.4, -0.2) is 43.2 Å². The number of rotatable bonds is 6. The highest BCUT2D eigenvalue weighted by atomic mass is 16.7. The van der Waals surface area contributed by atoms with Crippen LogP contribution in [0.15, 0.2) is 48.5 Å². The van der Waals surface area contributed by atoms with Crippen LogP contribution in [0.4, 0.5) is 0 Å². The molecular formula is C23H26N2O5. The van der Waals surface area contributed by atoms with Gasteiger partial charge in [-0.2, -0.15) is 0 Å². The Morgan fingerprint density at radius 2 is 1.80 bits per heavy atom. The molecule has 158 valence electrons. The van der Waals surface area contributed by atoms with Gasteiger partial charge in [-0.3, -0.25) is 9.59 Å². The van der Waals surface area contributed by atoms with Crippen molar-refractivity contribution in [2.45, 2.75) is 26.3 Å². The number of fused-ring (bicyclic) bond motifs is 1. The summed E-state index contributed by atoms with van der Waals surface area (Å²) in [6.07, 6.45) is 1.24. The minimum absolute atomic E-state index is 0.00722. The van der Waals surface area contributed by atoms with Gasteiger partial charge >= 0.3 is 0 Å². The third kappa shape index (κ3) is 4.50. The number of benzene rings is 2. The van der Waals surface area contributed by atoms with Crippen LogP contribution in [0.25, 0.3) is 0 Å². The summed E-state index contributed by atoms with van der Waals surface area (Å²) in [5.74, 6) is 2.06. The van der Waals surface area contributed by atoms with Crippen LogP contribution in [0.5, 0.6) is 17.2 Å². The highest BCUT2D eigenvalue weighted by Crippen LogP contribution is 2.33. The van der Waals surface area contributed by atoms with Crippen LogP contribution in [-0.2, 0) is 16.1 Å². The number of nitrogens with zero attached hydrogens (tertiary/aromatic N) is 1. The summed E-state index contributed by atoms with van der Waals surface area (Å²) in [6, 6.07) is 15.0. The van der Waals surface area contributed by atoms with Crippen molar-refractivity contribution < 1.29 is 23.8 Å². The summed E-state index contributed by atoms with van der Waals surface area (Å²) in [5.41, 5.74) is 0.467. The molecule has 2 aromatic rings. The van der Waals surface area contributed by atoms with Gasteiger partial charge in [-0.05, 0) is 42.7 Å². The number of carbonyl (C=O) groups excluding carboxylic acids is 2. The van der Waals surface area contributed by atoms with Crippen LogP contribution in [0.3, 0.4) is 0 Å². The third-order valence-electron chi connectivity index (χ3n) is 5.76. The molecule has 1 saturated heterocycles. The Bertz CT molecular complexity index is 907. The van der Waals surface area contributed by atoms with Gasteiger partial charge < -0.3 is 24.4 Å². The van der Waals surface area contributed by atoms with Crippen molar-refractivity contribution in [1.29, 1.82) is 0 Å². The van der Waals surface area contributed by atoms with E-state index < -0.39 is 5.41 Å². The Labute approximate surface area is 175 Å². The molecule has 0 unspecified atom stereocenters. The molecule has 7 heteroatoms. The predicted octanol–water partition coefficient (Wildman–Crippen LogP) is 2.74. The molecule has 0 atom stereocenters. The van der Waals surface area contributed by atoms with Crippen molar-refractivity contribution in [2.24, 2.45) is 5.41 Å². The van der Waals surface area contributed by atoms with E-state index in [9.17, 15) is 9.59 Å². The van der Waals surface area contributed by atoms with E-state index in [0.717, 1.165) is 11.3 Å². The first-order chi connectivity index (χ1) is 14.5. The second kappa shape index (κ2) is 8.65. The van der Waals surface area contributed by atoms with Crippen LogP contribution in [0.2, 0.25) is 0 Å². The van der Waals surface area contributed by atoms with E-state index in [-0.39, 0.29) is 25.2 Å². The largest absolute Gasteiger partial charge is 0.484 e. The molecule has 0 aromatic heterocycles. The number of hydrogen-bond donors (Lipinski definition) is 1. The summed E-state index contributed by atoms with van der Waals surface area (Å²) in [5, 5.41) is 3.03. The Balaban J connectivity index is 1.24. The maximum Gasteiger partial charge on any atom is 0.260 e. The van der Waals surface area contributed by atoms with Crippen LogP contribution >= 0.6 is 0 Å². The fourth-order valence-corrected chi connectivity index (χ4v) is 3.68. The van der Waals surface area contributed by atoms with E-state index in [0.29, 0.717) is 44.0 Å². The zero-order chi connectivity index (χ0) is 21.0. The molecule has 1 N–H and O–H groups in total. The van der Waals surface area contributed by atoms with Crippen molar-refractivity contribution >= 4 is 11.8 Å². The molecule has 2 aliphatic heterocycles. The van der Waals surface area contributed by atoms with Gasteiger partial charge in [0.25, 0.3) is 5.91 Å². The van der Waals surface area contributed by atoms with Crippen LogP contribution < -0.4 is 19.5 Å². The fourth-order valence-electron chi connectivity index (χ4n) is 3.68. The summed E-state index contributed by atoms with van der Waals surface area (Å²) >= 11 is 0. The van der Waals surface area contributed by atoms with E-state index in [1.54, 1.807) is 4.90 Å². The van der Waals surface area contributed by atoms with Crippen LogP contribution in [0, 0.1) is 5.41 Å². The lowest BCUT2D eigenvalue weighted by molar-refractivity contribution is -0.141. The van der Waals surface area contributed by atoms with Crippen molar-refractivity contribution in [2.75, 3.05) is 26.5 Å². The second-order valence-corrected chi connectivity index (χ2v) is 7.91. The standard InChI is InChI=1S/C23H26N2O5/c1-23(22(27)24-14-17-7-8-19-20(13-17)30-16-29-19)9-11-25(12-10-23)21(26)15-28-18-5-3-2-4-6-18/h2-8,13H,9-12,14-16H2,1H3,(H,24,27). The smallest absolute Gasteiger partial charge is 0.260 e. The lowest BCUT2D eigenvalue weighted by atomic mass is 9.79. The van der Waals surface area contributed by atoms with Gasteiger partial charge in [-0.15, -0.1) is 0 Å². The van der Waals surface area contributed by atoms with E-state index in [4.69, 9.17) is 14.2 Å². The molecule has 0 radical (unpaired) electrons. The number of ether oxygens (including phenoxy) is 3. The molecule has 2 amide bonds. The average molecular weight is 410 g/mol. The molecule has 4 rings (SSSR count). The van der Waals surface area contributed by atoms with Crippen molar-refractivity contribution in [3.05, 3.63) is 54.1 Å². The molecular weight excluding hydrogens is 384 g/mol. The van der Waals surface area contributed by atoms with Gasteiger partial charge in [0.05, 0.1) is 0 Å². The highest BCUT2D eigenvalue weighted by molar-refractivity contribution is 5.83. The van der Waals surface area contributed by atoms with Crippen LogP contribution in [0.1, 0.15) is 25.3 Å². The van der Waals surface area contributed by atoms with E-state index in [1.165, 1.54) is 0 Å². The lowest BCUT2D eigenvalue weighted by Crippen LogP contribution is -2.49. The number of piperidine rings is 1. The van der Waals surface area contributed by atoms with E-state index in [2.05, 4.69) is 5.32 Å². The molecule has 2 heterocycles. The monoisotopic (exact) mass is 410 g/mol. The molecule has 30 heavy (non-hydrogen) atoms. The normalized spacial score (nSPS) is 16.8. The minimum Gasteiger partial charge on any atom is -0.484 e. The summed E-state index contributed by atoms with van der Waals surface area (Å²) in [7, 11) is 0. The van der Waals surface area contributed by atoms with E-state index in [1.807, 2.05) is 55.5 Å². The van der Waals surface area contributed by atoms with Crippen molar-refractivity contribution in [1.82, 2.24) is 10.2 Å². The number of nitrogens with one attached hydrogen (secondary N) is 1. The Hall–Kier alpha value is -3.22. The topological polar surface area (TPSA) is 77.1 Å². The maximum atomic E-state index is 12.8. The molecule has 0 saturated carbocycles. The number of carbonyl (C=O) groups is 2. The van der Waals surface area contributed by atoms with Gasteiger partial charge in [0, 0.05) is 25.0 Å². The SMILES string of the molecule is CC1(C(=O)NCc2ccc3c(c2)OCO3)CCN(C(=O)COc2ccccc2)CC1. The molecule has 0 bridgehead atoms. The quantitative estimate of drug-likeness (QED) is 0.792. The first-order valence-corrected chi connectivity index (χ1v) is 10.2. The Morgan fingerprint density at radius 1 is 1.07 bits per heavy atom. The predicted molar refractivity (Wildman–Crippen MR) is 110 cm³/mol. The highest BCUT2D eigenvalue weighted by Gasteiger charge is 2.38. The maximum absolute atomic E-state index is 12.8. The Kier molecular flexibility index (Phi) is 5.79. The van der Waals surface area contributed by atoms with Gasteiger partial charge in [0.15, 0.2) is 18.1 Å². The van der Waals surface area contributed by atoms with E-state index >= 15 is 0 Å². The number of amides is 2. The average Bonchev–Trinajstić information content (AvgIpc) is 3.25. The second-order valence-electron chi connectivity index (χ2n) is 7.91. The van der Waals surface area contributed by atoms with Gasteiger partial charge in [0.2, 0.25) is 12.7 Å². The Morgan fingerprint density at radius 3 is 2.57 bits per heavy atom. The van der Waals surface area contributed by atoms with Gasteiger partial charge in [0.1, 0.15) is 5.75 Å². The number of hydrogen-bond acceptors (Lipinski definition) is 5. The summed E-state index contributed by atoms with van der Waals surface area (Å²) in [6.45, 7) is 3.73. The molecule has 1 fully saturated rings. The molecule has 2 aromatic carbocycles. The first kappa shape index (κ1) is 20.1. The first-order valence-electron chi connectivity index (χ1n) is 10.2. The zero-order valence-electron chi connectivity index (χ0n) is 17.1. The third-order valence-corrected chi connectivity index (χ3v) is 5.76. The molecule has 0 spiro atoms. The molecule has 7 nitrogen and oxygen atoms in total.